The largest absolute Gasteiger partial charge is 0.459 e. The number of hydrogen-bond acceptors (Lipinski definition) is 2. The smallest absolute Gasteiger partial charge is 0.253 e. The first-order valence-corrected chi connectivity index (χ1v) is 18.4. The van der Waals surface area contributed by atoms with Gasteiger partial charge in [-0.25, -0.2) is 0 Å². The molecular weight excluding hydrogens is 642 g/mol. The lowest BCUT2D eigenvalue weighted by atomic mass is 9.31. The van der Waals surface area contributed by atoms with Crippen LogP contribution < -0.4 is 42.4 Å². The topological polar surface area (TPSA) is 17.4 Å². The first-order valence-electron chi connectivity index (χ1n) is 18.4. The lowest BCUT2D eigenvalue weighted by Gasteiger charge is -2.41. The Morgan fingerprint density at radius 2 is 0.962 bits per heavy atom. The zero-order valence-corrected chi connectivity index (χ0v) is 28.9. The van der Waals surface area contributed by atoms with Crippen LogP contribution in [0.3, 0.4) is 0 Å². The molecule has 0 radical (unpaired) electrons. The number of aromatic nitrogens is 1. The van der Waals surface area contributed by atoms with Crippen molar-refractivity contribution in [1.29, 1.82) is 0 Å². The molecule has 2 aliphatic rings. The predicted octanol–water partition coefficient (Wildman–Crippen LogP) is 7.71. The van der Waals surface area contributed by atoms with Gasteiger partial charge < -0.3 is 14.2 Å². The number of hydrogen-bond donors (Lipinski definition) is 0. The van der Waals surface area contributed by atoms with Crippen molar-refractivity contribution in [3.8, 4) is 17.2 Å². The van der Waals surface area contributed by atoms with Gasteiger partial charge in [-0.1, -0.05) is 163 Å². The summed E-state index contributed by atoms with van der Waals surface area (Å²) < 4.78 is 9.92. The fourth-order valence-corrected chi connectivity index (χ4v) is 9.07. The molecule has 0 atom stereocenters. The highest BCUT2D eigenvalue weighted by Crippen LogP contribution is 2.47. The third-order valence-corrected chi connectivity index (χ3v) is 11.1. The minimum atomic E-state index is -0.0824. The highest BCUT2D eigenvalue weighted by atomic mass is 16.5. The molecule has 0 aliphatic carbocycles. The van der Waals surface area contributed by atoms with Crippen LogP contribution in [0.15, 0.2) is 194 Å². The van der Waals surface area contributed by atoms with Gasteiger partial charge in [-0.2, -0.15) is 0 Å². The Kier molecular flexibility index (Phi) is 6.75. The number of para-hydroxylation sites is 5. The van der Waals surface area contributed by atoms with E-state index in [4.69, 9.17) is 4.74 Å². The number of benzene rings is 8. The second kappa shape index (κ2) is 11.9. The van der Waals surface area contributed by atoms with Crippen molar-refractivity contribution >= 4 is 85.1 Å². The third-order valence-electron chi connectivity index (χ3n) is 11.1. The Labute approximate surface area is 309 Å². The fourth-order valence-electron chi connectivity index (χ4n) is 9.07. The summed E-state index contributed by atoms with van der Waals surface area (Å²) in [5, 5.41) is 2.43. The average Bonchev–Trinajstić information content (AvgIpc) is 3.58. The SMILES string of the molecule is c1ccc(B2c3ccccc3N(c3ccccc3)c3c2c2c(c4c3c3ccccc3n4-c3ccccc3)B(c3ccccc3)c3ccccc3O2)cc1. The van der Waals surface area contributed by atoms with E-state index in [1.54, 1.807) is 0 Å². The van der Waals surface area contributed by atoms with E-state index in [0.29, 0.717) is 0 Å². The van der Waals surface area contributed by atoms with Crippen LogP contribution >= 0.6 is 0 Å². The Hall–Kier alpha value is -6.71. The quantitative estimate of drug-likeness (QED) is 0.178. The average molecular weight is 674 g/mol. The summed E-state index contributed by atoms with van der Waals surface area (Å²) in [7, 11) is 0. The van der Waals surface area contributed by atoms with Gasteiger partial charge in [-0.3, -0.25) is 0 Å². The molecule has 0 N–H and O–H groups in total. The molecule has 0 unspecified atom stereocenters. The van der Waals surface area contributed by atoms with E-state index in [2.05, 4.69) is 204 Å². The molecule has 0 bridgehead atoms. The highest BCUT2D eigenvalue weighted by Gasteiger charge is 2.45. The maximum absolute atomic E-state index is 7.43. The molecule has 0 saturated heterocycles. The van der Waals surface area contributed by atoms with Crippen molar-refractivity contribution < 1.29 is 4.74 Å². The van der Waals surface area contributed by atoms with Crippen LogP contribution in [-0.4, -0.2) is 18.0 Å². The molecule has 0 saturated carbocycles. The van der Waals surface area contributed by atoms with Gasteiger partial charge >= 0.3 is 0 Å². The molecule has 53 heavy (non-hydrogen) atoms. The molecule has 0 fully saturated rings. The van der Waals surface area contributed by atoms with Gasteiger partial charge in [0.25, 0.3) is 13.4 Å². The molecule has 5 heteroatoms. The van der Waals surface area contributed by atoms with Crippen LogP contribution in [-0.2, 0) is 0 Å². The number of rotatable bonds is 4. The molecule has 0 amide bonds. The molecule has 9 aromatic rings. The fraction of sp³-hybridized carbons (Fsp3) is 0. The third kappa shape index (κ3) is 4.44. The standard InChI is InChI=1S/C48H32B2N2O/c1-5-19-33(20-6-1)49-38-28-14-17-31-41(38)52(36-25-11-4-12-26-36)47-43-37-27-13-16-30-40(37)51(35-23-9-3-10-24-35)46(43)45-48(44(47)49)53-42-32-18-15-29-39(42)50(45)34-21-7-2-8-22-34/h1-32H. The number of nitrogens with zero attached hydrogens (tertiary/aromatic N) is 2. The van der Waals surface area contributed by atoms with Gasteiger partial charge in [0.1, 0.15) is 11.5 Å². The van der Waals surface area contributed by atoms with Crippen molar-refractivity contribution in [2.45, 2.75) is 0 Å². The predicted molar refractivity (Wildman–Crippen MR) is 224 cm³/mol. The second-order valence-electron chi connectivity index (χ2n) is 14.0. The van der Waals surface area contributed by atoms with E-state index < -0.39 is 0 Å². The van der Waals surface area contributed by atoms with Crippen LogP contribution in [0, 0.1) is 0 Å². The summed E-state index contributed by atoms with van der Waals surface area (Å²) in [5.41, 5.74) is 14.2. The van der Waals surface area contributed by atoms with Crippen molar-refractivity contribution in [3.63, 3.8) is 0 Å². The second-order valence-corrected chi connectivity index (χ2v) is 14.0. The first kappa shape index (κ1) is 30.0. The Morgan fingerprint density at radius 1 is 0.434 bits per heavy atom. The van der Waals surface area contributed by atoms with Crippen LogP contribution in [0.5, 0.6) is 11.5 Å². The summed E-state index contributed by atoms with van der Waals surface area (Å²) in [4.78, 5) is 2.50. The lowest BCUT2D eigenvalue weighted by Crippen LogP contribution is -2.62. The Bertz CT molecular complexity index is 2820. The summed E-state index contributed by atoms with van der Waals surface area (Å²) in [6.45, 7) is -0.157. The van der Waals surface area contributed by atoms with Crippen molar-refractivity contribution in [3.05, 3.63) is 194 Å². The van der Waals surface area contributed by atoms with Gasteiger partial charge in [0, 0.05) is 27.8 Å². The van der Waals surface area contributed by atoms with Crippen LogP contribution in [0.1, 0.15) is 0 Å². The van der Waals surface area contributed by atoms with Crippen molar-refractivity contribution in [1.82, 2.24) is 4.57 Å². The molecule has 0 spiro atoms. The number of ether oxygens (including phenoxy) is 1. The molecule has 1 aromatic heterocycles. The summed E-state index contributed by atoms with van der Waals surface area (Å²) in [6, 6.07) is 70.1. The van der Waals surface area contributed by atoms with E-state index in [1.807, 2.05) is 0 Å². The Morgan fingerprint density at radius 3 is 1.66 bits per heavy atom. The van der Waals surface area contributed by atoms with Gasteiger partial charge in [0.15, 0.2) is 0 Å². The molecule has 8 aromatic carbocycles. The van der Waals surface area contributed by atoms with Gasteiger partial charge in [0.2, 0.25) is 0 Å². The monoisotopic (exact) mass is 674 g/mol. The zero-order chi connectivity index (χ0) is 34.9. The summed E-state index contributed by atoms with van der Waals surface area (Å²) in [5.74, 6) is 1.83. The maximum atomic E-state index is 7.43. The van der Waals surface area contributed by atoms with Crippen LogP contribution in [0.4, 0.5) is 17.1 Å². The summed E-state index contributed by atoms with van der Waals surface area (Å²) >= 11 is 0. The Balaban J connectivity index is 1.42. The molecule has 2 aliphatic heterocycles. The zero-order valence-electron chi connectivity index (χ0n) is 28.9. The maximum Gasteiger partial charge on any atom is 0.253 e. The van der Waals surface area contributed by atoms with E-state index >= 15 is 0 Å². The van der Waals surface area contributed by atoms with E-state index in [9.17, 15) is 0 Å². The van der Waals surface area contributed by atoms with Gasteiger partial charge in [-0.05, 0) is 64.3 Å². The van der Waals surface area contributed by atoms with Crippen molar-refractivity contribution in [2.24, 2.45) is 0 Å². The number of anilines is 3. The first-order chi connectivity index (χ1) is 26.4. The van der Waals surface area contributed by atoms with Crippen molar-refractivity contribution in [2.75, 3.05) is 4.90 Å². The van der Waals surface area contributed by atoms with Gasteiger partial charge in [-0.15, -0.1) is 0 Å². The minimum absolute atomic E-state index is 0.0745. The molecule has 3 nitrogen and oxygen atoms in total. The van der Waals surface area contributed by atoms with E-state index in [-0.39, 0.29) is 13.4 Å². The minimum Gasteiger partial charge on any atom is -0.459 e. The lowest BCUT2D eigenvalue weighted by molar-refractivity contribution is 0.491. The van der Waals surface area contributed by atoms with E-state index in [0.717, 1.165) is 34.1 Å². The normalized spacial score (nSPS) is 12.9. The molecule has 11 rings (SSSR count). The summed E-state index contributed by atoms with van der Waals surface area (Å²) in [6.07, 6.45) is 0. The van der Waals surface area contributed by atoms with Gasteiger partial charge in [0.05, 0.1) is 16.7 Å². The van der Waals surface area contributed by atoms with Crippen LogP contribution in [0.2, 0.25) is 0 Å². The molecule has 3 heterocycles. The molecular formula is C48H32B2N2O. The van der Waals surface area contributed by atoms with E-state index in [1.165, 1.54) is 54.8 Å². The number of fused-ring (bicyclic) bond motifs is 10. The molecule has 246 valence electrons. The van der Waals surface area contributed by atoms with Crippen LogP contribution in [0.25, 0.3) is 27.5 Å². The highest BCUT2D eigenvalue weighted by molar-refractivity contribution is 7.02.